The Morgan fingerprint density at radius 2 is 1.60 bits per heavy atom. The Bertz CT molecular complexity index is 1450. The number of rotatable bonds is 10. The summed E-state index contributed by atoms with van der Waals surface area (Å²) in [4.78, 5) is 27.5. The van der Waals surface area contributed by atoms with Gasteiger partial charge in [0.05, 0.1) is 21.5 Å². The zero-order valence-corrected chi connectivity index (χ0v) is 26.2. The average Bonchev–Trinajstić information content (AvgIpc) is 3.79. The number of nitrogens with one attached hydrogen (secondary N) is 3. The number of hydrogen-bond donors (Lipinski definition) is 3. The first kappa shape index (κ1) is 34.7. The van der Waals surface area contributed by atoms with Crippen molar-refractivity contribution in [3.63, 3.8) is 0 Å². The van der Waals surface area contributed by atoms with Gasteiger partial charge in [-0.3, -0.25) is 9.59 Å². The van der Waals surface area contributed by atoms with E-state index in [0.717, 1.165) is 26.7 Å². The minimum atomic E-state index is -4.78. The smallest absolute Gasteiger partial charge is 0.385 e. The molecule has 3 N–H and O–H groups in total. The molecule has 246 valence electrons. The highest BCUT2D eigenvalue weighted by molar-refractivity contribution is 6.40. The number of nitrogens with zero attached hydrogens (tertiary/aromatic N) is 1. The first-order chi connectivity index (χ1) is 20.9. The molecular formula is C31H34Cl2F6N4O2. The van der Waals surface area contributed by atoms with Crippen molar-refractivity contribution in [1.29, 1.82) is 0 Å². The number of carbonyl (C=O) groups excluding carboxylic acids is 2. The van der Waals surface area contributed by atoms with Crippen molar-refractivity contribution in [3.8, 4) is 0 Å². The summed E-state index contributed by atoms with van der Waals surface area (Å²) in [5.74, 6) is -2.81. The number of carbonyl (C=O) groups is 2. The highest BCUT2D eigenvalue weighted by Gasteiger charge is 2.52. The quantitative estimate of drug-likeness (QED) is 0.222. The van der Waals surface area contributed by atoms with Crippen molar-refractivity contribution in [3.05, 3.63) is 63.6 Å². The summed E-state index contributed by atoms with van der Waals surface area (Å²) in [6.45, 7) is 6.37. The molecule has 0 bridgehead atoms. The van der Waals surface area contributed by atoms with E-state index in [0.29, 0.717) is 35.1 Å². The fourth-order valence-electron chi connectivity index (χ4n) is 4.92. The van der Waals surface area contributed by atoms with E-state index in [4.69, 9.17) is 23.2 Å². The Hall–Kier alpha value is -3.12. The maximum absolute atomic E-state index is 13.4. The Balaban J connectivity index is 1.54. The number of alkyl halides is 6. The molecule has 2 aliphatic rings. The third-order valence-electron chi connectivity index (χ3n) is 8.29. The number of piperidine rings is 1. The lowest BCUT2D eigenvalue weighted by molar-refractivity contribution is -0.211. The molecule has 1 saturated heterocycles. The number of halogens is 8. The third-order valence-corrected chi connectivity index (χ3v) is 9.04. The molecule has 0 aromatic heterocycles. The van der Waals surface area contributed by atoms with E-state index in [1.54, 1.807) is 18.2 Å². The minimum absolute atomic E-state index is 0.0249. The molecule has 1 aliphatic carbocycles. The van der Waals surface area contributed by atoms with Crippen LogP contribution in [-0.2, 0) is 11.3 Å². The molecule has 1 aliphatic heterocycles. The summed E-state index contributed by atoms with van der Waals surface area (Å²) in [6.07, 6.45) is -6.91. The van der Waals surface area contributed by atoms with Crippen molar-refractivity contribution < 1.29 is 35.9 Å². The molecule has 0 unspecified atom stereocenters. The van der Waals surface area contributed by atoms with Crippen LogP contribution in [0.15, 0.2) is 36.9 Å². The summed E-state index contributed by atoms with van der Waals surface area (Å²) in [5.41, 5.74) is -0.448. The minimum Gasteiger partial charge on any atom is -0.385 e. The fraction of sp³-hybridized carbons (Fsp3) is 0.484. The molecular weight excluding hydrogens is 645 g/mol. The van der Waals surface area contributed by atoms with Crippen molar-refractivity contribution in [2.75, 3.05) is 29.9 Å². The first-order valence-corrected chi connectivity index (χ1v) is 15.2. The van der Waals surface area contributed by atoms with Crippen LogP contribution in [0.4, 0.5) is 37.7 Å². The highest BCUT2D eigenvalue weighted by Crippen LogP contribution is 2.39. The van der Waals surface area contributed by atoms with Crippen LogP contribution in [0, 0.1) is 17.3 Å². The first-order valence-electron chi connectivity index (χ1n) is 14.4. The van der Waals surface area contributed by atoms with Crippen molar-refractivity contribution in [2.24, 2.45) is 17.3 Å². The fourth-order valence-corrected chi connectivity index (χ4v) is 5.53. The summed E-state index contributed by atoms with van der Waals surface area (Å²) in [6, 6.07) is 7.72. The summed E-state index contributed by atoms with van der Waals surface area (Å²) >= 11 is 12.8. The molecule has 6 nitrogen and oxygen atoms in total. The SMILES string of the molecule is C=C(NCC1CC1)c1cc(NC(=O)c2c(Cl)ccc(CNC(=O)C(C)(C)C(F)(F)F)c2Cl)ccc1N1CCC(C(F)(F)F)CC1. The van der Waals surface area contributed by atoms with Crippen LogP contribution in [0.2, 0.25) is 10.0 Å². The van der Waals surface area contributed by atoms with Gasteiger partial charge in [0.1, 0.15) is 5.41 Å². The van der Waals surface area contributed by atoms with Crippen LogP contribution < -0.4 is 20.9 Å². The second kappa shape index (κ2) is 13.3. The molecule has 2 fully saturated rings. The normalized spacial score (nSPS) is 16.4. The van der Waals surface area contributed by atoms with Gasteiger partial charge in [-0.2, -0.15) is 26.3 Å². The maximum Gasteiger partial charge on any atom is 0.402 e. The predicted octanol–water partition coefficient (Wildman–Crippen LogP) is 8.20. The van der Waals surface area contributed by atoms with E-state index in [2.05, 4.69) is 22.5 Å². The van der Waals surface area contributed by atoms with E-state index in [9.17, 15) is 35.9 Å². The van der Waals surface area contributed by atoms with E-state index in [-0.39, 0.29) is 53.6 Å². The molecule has 2 aromatic rings. The van der Waals surface area contributed by atoms with Crippen molar-refractivity contribution in [1.82, 2.24) is 10.6 Å². The summed E-state index contributed by atoms with van der Waals surface area (Å²) in [7, 11) is 0. The zero-order valence-electron chi connectivity index (χ0n) is 24.7. The lowest BCUT2D eigenvalue weighted by Gasteiger charge is -2.36. The van der Waals surface area contributed by atoms with Gasteiger partial charge in [0, 0.05) is 48.8 Å². The van der Waals surface area contributed by atoms with Crippen molar-refractivity contribution >= 4 is 52.1 Å². The van der Waals surface area contributed by atoms with Crippen molar-refractivity contribution in [2.45, 2.75) is 58.4 Å². The van der Waals surface area contributed by atoms with Crippen LogP contribution in [0.25, 0.3) is 5.70 Å². The van der Waals surface area contributed by atoms with Gasteiger partial charge in [0.15, 0.2) is 0 Å². The second-order valence-electron chi connectivity index (χ2n) is 12.0. The Labute approximate surface area is 267 Å². The lowest BCUT2D eigenvalue weighted by atomic mass is 9.91. The van der Waals surface area contributed by atoms with Gasteiger partial charge in [-0.05, 0) is 75.3 Å². The van der Waals surface area contributed by atoms with Crippen LogP contribution in [-0.4, -0.2) is 43.8 Å². The Kier molecular flexibility index (Phi) is 10.3. The van der Waals surface area contributed by atoms with Gasteiger partial charge < -0.3 is 20.9 Å². The molecule has 1 heterocycles. The number of hydrogen-bond acceptors (Lipinski definition) is 4. The topological polar surface area (TPSA) is 73.5 Å². The average molecular weight is 680 g/mol. The van der Waals surface area contributed by atoms with Gasteiger partial charge >= 0.3 is 12.4 Å². The predicted molar refractivity (Wildman–Crippen MR) is 163 cm³/mol. The molecule has 2 amide bonds. The van der Waals surface area contributed by atoms with Crippen LogP contribution in [0.3, 0.4) is 0 Å². The van der Waals surface area contributed by atoms with Gasteiger partial charge in [0.2, 0.25) is 5.91 Å². The van der Waals surface area contributed by atoms with Gasteiger partial charge in [0.25, 0.3) is 5.91 Å². The second-order valence-corrected chi connectivity index (χ2v) is 12.8. The van der Waals surface area contributed by atoms with Gasteiger partial charge in [-0.25, -0.2) is 0 Å². The summed E-state index contributed by atoms with van der Waals surface area (Å²) in [5, 5.41) is 8.06. The Morgan fingerprint density at radius 1 is 0.956 bits per heavy atom. The largest absolute Gasteiger partial charge is 0.402 e. The van der Waals surface area contributed by atoms with E-state index < -0.39 is 35.5 Å². The van der Waals surface area contributed by atoms with E-state index >= 15 is 0 Å². The number of amides is 2. The van der Waals surface area contributed by atoms with Crippen LogP contribution >= 0.6 is 23.2 Å². The molecule has 14 heteroatoms. The number of anilines is 2. The molecule has 0 spiro atoms. The number of benzene rings is 2. The maximum atomic E-state index is 13.4. The lowest BCUT2D eigenvalue weighted by Crippen LogP contribution is -2.46. The molecule has 0 atom stereocenters. The standard InChI is InChI=1S/C31H34Cl2F6N4O2/c1-17(40-15-18-4-5-18)22-14-21(7-9-24(22)43-12-10-20(11-13-43)30(34,35)36)42-27(44)25-23(32)8-6-19(26(25)33)16-41-28(45)29(2,3)31(37,38)39/h6-9,14,18,20,40H,1,4-5,10-13,15-16H2,2-3H3,(H,41,45)(H,42,44). The molecule has 0 radical (unpaired) electrons. The van der Waals surface area contributed by atoms with E-state index in [1.807, 2.05) is 4.90 Å². The monoisotopic (exact) mass is 678 g/mol. The third kappa shape index (κ3) is 8.19. The van der Waals surface area contributed by atoms with Gasteiger partial charge in [-0.1, -0.05) is 35.8 Å². The van der Waals surface area contributed by atoms with Gasteiger partial charge in [-0.15, -0.1) is 0 Å². The molecule has 4 rings (SSSR count). The van der Waals surface area contributed by atoms with E-state index in [1.165, 1.54) is 12.1 Å². The zero-order chi connectivity index (χ0) is 33.3. The molecule has 45 heavy (non-hydrogen) atoms. The highest BCUT2D eigenvalue weighted by atomic mass is 35.5. The Morgan fingerprint density at radius 3 is 2.18 bits per heavy atom. The van der Waals surface area contributed by atoms with Crippen LogP contribution in [0.1, 0.15) is 61.0 Å². The molecule has 2 aromatic carbocycles. The molecule has 1 saturated carbocycles. The summed E-state index contributed by atoms with van der Waals surface area (Å²) < 4.78 is 79.6. The van der Waals surface area contributed by atoms with Crippen LogP contribution in [0.5, 0.6) is 0 Å².